The molecule has 1 aliphatic rings. The van der Waals surface area contributed by atoms with Crippen LogP contribution < -0.4 is 15.4 Å². The largest absolute Gasteiger partial charge is 0.493 e. The van der Waals surface area contributed by atoms with E-state index in [0.717, 1.165) is 11.1 Å². The highest BCUT2D eigenvalue weighted by Gasteiger charge is 2.26. The Morgan fingerprint density at radius 2 is 1.95 bits per heavy atom. The van der Waals surface area contributed by atoms with E-state index in [0.29, 0.717) is 22.7 Å². The summed E-state index contributed by atoms with van der Waals surface area (Å²) < 4.78 is 11.2. The number of benzene rings is 2. The van der Waals surface area contributed by atoms with Crippen molar-refractivity contribution < 1.29 is 13.9 Å². The van der Waals surface area contributed by atoms with E-state index in [1.807, 2.05) is 42.5 Å². The molecule has 3 aromatic rings. The topological polar surface area (TPSA) is 63.5 Å². The van der Waals surface area contributed by atoms with Crippen LogP contribution in [0.15, 0.2) is 52.9 Å². The van der Waals surface area contributed by atoms with Gasteiger partial charge in [-0.15, -0.1) is 0 Å². The molecule has 0 aliphatic carbocycles. The fourth-order valence-corrected chi connectivity index (χ4v) is 2.71. The zero-order valence-electron chi connectivity index (χ0n) is 11.9. The number of rotatable bonds is 2. The molecular weight excluding hydrogens is 280 g/mol. The number of para-hydroxylation sites is 2. The number of carbonyl (C=O) groups excluding carboxylic acids is 1. The van der Waals surface area contributed by atoms with Gasteiger partial charge in [0.25, 0.3) is 5.91 Å². The zero-order valence-corrected chi connectivity index (χ0v) is 11.9. The molecule has 1 aliphatic heterocycles. The molecule has 0 fully saturated rings. The lowest BCUT2D eigenvalue weighted by atomic mass is 10.1. The van der Waals surface area contributed by atoms with Crippen LogP contribution in [0.5, 0.6) is 5.75 Å². The normalized spacial score (nSPS) is 16.8. The summed E-state index contributed by atoms with van der Waals surface area (Å²) in [5, 5.41) is 7.11. The highest BCUT2D eigenvalue weighted by molar-refractivity contribution is 6.01. The second-order valence-corrected chi connectivity index (χ2v) is 5.12. The monoisotopic (exact) mass is 294 g/mol. The smallest absolute Gasteiger partial charge is 0.255 e. The van der Waals surface area contributed by atoms with Crippen molar-refractivity contribution in [3.63, 3.8) is 0 Å². The number of fused-ring (bicyclic) bond motifs is 2. The maximum Gasteiger partial charge on any atom is 0.255 e. The maximum atomic E-state index is 12.2. The van der Waals surface area contributed by atoms with Crippen molar-refractivity contribution in [2.75, 3.05) is 12.4 Å². The second kappa shape index (κ2) is 4.80. The molecule has 1 atom stereocenters. The average Bonchev–Trinajstić information content (AvgIpc) is 2.99. The van der Waals surface area contributed by atoms with E-state index < -0.39 is 6.17 Å². The molecule has 0 saturated heterocycles. The summed E-state index contributed by atoms with van der Waals surface area (Å²) in [5.74, 6) is 1.19. The number of hydrogen-bond acceptors (Lipinski definition) is 4. The first-order chi connectivity index (χ1) is 10.8. The minimum Gasteiger partial charge on any atom is -0.493 e. The summed E-state index contributed by atoms with van der Waals surface area (Å²) in [7, 11) is 1.61. The first-order valence-corrected chi connectivity index (χ1v) is 6.99. The molecule has 0 bridgehead atoms. The third-order valence-electron chi connectivity index (χ3n) is 3.78. The lowest BCUT2D eigenvalue weighted by Gasteiger charge is -2.26. The minimum absolute atomic E-state index is 0.119. The van der Waals surface area contributed by atoms with Gasteiger partial charge in [-0.2, -0.15) is 0 Å². The number of nitrogens with one attached hydrogen (secondary N) is 2. The Hall–Kier alpha value is -2.95. The first-order valence-electron chi connectivity index (χ1n) is 6.99. The fraction of sp³-hybridized carbons (Fsp3) is 0.118. The summed E-state index contributed by atoms with van der Waals surface area (Å²) in [4.78, 5) is 12.2. The molecule has 0 spiro atoms. The Morgan fingerprint density at radius 3 is 2.82 bits per heavy atom. The lowest BCUT2D eigenvalue weighted by Crippen LogP contribution is -2.38. The van der Waals surface area contributed by atoms with Crippen molar-refractivity contribution in [1.82, 2.24) is 5.32 Å². The molecule has 0 saturated carbocycles. The van der Waals surface area contributed by atoms with Gasteiger partial charge >= 0.3 is 0 Å². The van der Waals surface area contributed by atoms with Gasteiger partial charge < -0.3 is 19.8 Å². The van der Waals surface area contributed by atoms with Gasteiger partial charge in [0.05, 0.1) is 12.7 Å². The fourth-order valence-electron chi connectivity index (χ4n) is 2.71. The zero-order chi connectivity index (χ0) is 15.1. The van der Waals surface area contributed by atoms with Gasteiger partial charge in [-0.3, -0.25) is 4.79 Å². The summed E-state index contributed by atoms with van der Waals surface area (Å²) >= 11 is 0. The van der Waals surface area contributed by atoms with Crippen LogP contribution in [0.25, 0.3) is 11.0 Å². The minimum atomic E-state index is -0.403. The number of hydrogen-bond donors (Lipinski definition) is 2. The number of methoxy groups -OCH3 is 1. The molecule has 2 N–H and O–H groups in total. The summed E-state index contributed by atoms with van der Waals surface area (Å²) in [5.41, 5.74) is 2.10. The third-order valence-corrected chi connectivity index (χ3v) is 3.78. The SMILES string of the molecule is COc1cccc2cc([C@@H]3NC(=O)c4ccccc4N3)oc12. The molecule has 4 rings (SSSR count). The Balaban J connectivity index is 1.76. The number of amides is 1. The van der Waals surface area contributed by atoms with Crippen LogP contribution in [0.4, 0.5) is 5.69 Å². The summed E-state index contributed by atoms with van der Waals surface area (Å²) in [6, 6.07) is 15.0. The molecule has 5 heteroatoms. The maximum absolute atomic E-state index is 12.2. The molecule has 2 aromatic carbocycles. The van der Waals surface area contributed by atoms with Crippen molar-refractivity contribution in [2.45, 2.75) is 6.17 Å². The van der Waals surface area contributed by atoms with Crippen LogP contribution in [0.3, 0.4) is 0 Å². The Labute approximate surface area is 126 Å². The van der Waals surface area contributed by atoms with Crippen LogP contribution in [0.1, 0.15) is 22.3 Å². The van der Waals surface area contributed by atoms with Crippen molar-refractivity contribution >= 4 is 22.6 Å². The highest BCUT2D eigenvalue weighted by Crippen LogP contribution is 2.33. The quantitative estimate of drug-likeness (QED) is 0.761. The lowest BCUT2D eigenvalue weighted by molar-refractivity contribution is 0.0931. The van der Waals surface area contributed by atoms with E-state index >= 15 is 0 Å². The van der Waals surface area contributed by atoms with E-state index in [-0.39, 0.29) is 5.91 Å². The van der Waals surface area contributed by atoms with Gasteiger partial charge in [-0.05, 0) is 24.3 Å². The van der Waals surface area contributed by atoms with Gasteiger partial charge in [0.15, 0.2) is 17.5 Å². The van der Waals surface area contributed by atoms with Gasteiger partial charge in [0.1, 0.15) is 5.76 Å². The van der Waals surface area contributed by atoms with Crippen LogP contribution in [0, 0.1) is 0 Å². The molecule has 1 amide bonds. The molecule has 0 radical (unpaired) electrons. The Kier molecular flexibility index (Phi) is 2.79. The first kappa shape index (κ1) is 12.8. The van der Waals surface area contributed by atoms with Gasteiger partial charge in [-0.1, -0.05) is 24.3 Å². The number of ether oxygens (including phenoxy) is 1. The number of anilines is 1. The standard InChI is InChI=1S/C17H14N2O3/c1-21-13-8-4-5-10-9-14(22-15(10)13)16-18-12-7-3-2-6-11(12)17(20)19-16/h2-9,16,18H,1H3,(H,19,20)/t16-/m0/s1. The van der Waals surface area contributed by atoms with Crippen LogP contribution in [0.2, 0.25) is 0 Å². The molecule has 5 nitrogen and oxygen atoms in total. The van der Waals surface area contributed by atoms with E-state index in [1.165, 1.54) is 0 Å². The predicted molar refractivity (Wildman–Crippen MR) is 83.0 cm³/mol. The van der Waals surface area contributed by atoms with E-state index in [2.05, 4.69) is 10.6 Å². The van der Waals surface area contributed by atoms with Gasteiger partial charge in [0.2, 0.25) is 0 Å². The second-order valence-electron chi connectivity index (χ2n) is 5.12. The van der Waals surface area contributed by atoms with Crippen molar-refractivity contribution in [1.29, 1.82) is 0 Å². The number of carbonyl (C=O) groups is 1. The van der Waals surface area contributed by atoms with Crippen molar-refractivity contribution in [3.05, 3.63) is 59.9 Å². The van der Waals surface area contributed by atoms with E-state index in [9.17, 15) is 4.79 Å². The summed E-state index contributed by atoms with van der Waals surface area (Å²) in [6.45, 7) is 0. The molecule has 110 valence electrons. The Bertz CT molecular complexity index is 869. The van der Waals surface area contributed by atoms with Crippen LogP contribution >= 0.6 is 0 Å². The third kappa shape index (κ3) is 1.90. The molecule has 2 heterocycles. The molecule has 1 aromatic heterocycles. The highest BCUT2D eigenvalue weighted by atomic mass is 16.5. The van der Waals surface area contributed by atoms with Crippen LogP contribution in [-0.2, 0) is 0 Å². The molecule has 0 unspecified atom stereocenters. The average molecular weight is 294 g/mol. The van der Waals surface area contributed by atoms with E-state index in [4.69, 9.17) is 9.15 Å². The van der Waals surface area contributed by atoms with Gasteiger partial charge in [0, 0.05) is 11.1 Å². The van der Waals surface area contributed by atoms with Crippen LogP contribution in [-0.4, -0.2) is 13.0 Å². The van der Waals surface area contributed by atoms with Crippen molar-refractivity contribution in [2.24, 2.45) is 0 Å². The van der Waals surface area contributed by atoms with Crippen molar-refractivity contribution in [3.8, 4) is 5.75 Å². The summed E-state index contributed by atoms with van der Waals surface area (Å²) in [6.07, 6.45) is -0.403. The molecular formula is C17H14N2O3. The number of furan rings is 1. The molecule has 22 heavy (non-hydrogen) atoms. The Morgan fingerprint density at radius 1 is 1.09 bits per heavy atom. The van der Waals surface area contributed by atoms with E-state index in [1.54, 1.807) is 13.2 Å². The predicted octanol–water partition coefficient (Wildman–Crippen LogP) is 3.30. The van der Waals surface area contributed by atoms with Gasteiger partial charge in [-0.25, -0.2) is 0 Å².